The third-order valence-corrected chi connectivity index (χ3v) is 6.27. The van der Waals surface area contributed by atoms with Gasteiger partial charge in [0.05, 0.1) is 11.7 Å². The maximum absolute atomic E-state index is 12.9. The molecule has 0 bridgehead atoms. The number of carbonyl (C=O) groups excluding carboxylic acids is 2. The molecule has 2 heterocycles. The van der Waals surface area contributed by atoms with Gasteiger partial charge >= 0.3 is 0 Å². The monoisotopic (exact) mass is 396 g/mol. The van der Waals surface area contributed by atoms with Gasteiger partial charge in [-0.15, -0.1) is 11.8 Å². The zero-order valence-corrected chi connectivity index (χ0v) is 16.5. The molecule has 6 heteroatoms. The summed E-state index contributed by atoms with van der Waals surface area (Å²) in [5.41, 5.74) is 2.19. The highest BCUT2D eigenvalue weighted by Gasteiger charge is 2.22. The third kappa shape index (κ3) is 4.39. The van der Waals surface area contributed by atoms with Crippen molar-refractivity contribution < 1.29 is 14.3 Å². The Balaban J connectivity index is 1.45. The van der Waals surface area contributed by atoms with E-state index in [1.807, 2.05) is 48.5 Å². The van der Waals surface area contributed by atoms with Gasteiger partial charge in [-0.1, -0.05) is 18.2 Å². The summed E-state index contributed by atoms with van der Waals surface area (Å²) in [6.45, 7) is 1.57. The van der Waals surface area contributed by atoms with Crippen LogP contribution in [0, 0.1) is 0 Å². The molecule has 0 aliphatic carbocycles. The van der Waals surface area contributed by atoms with Crippen LogP contribution in [-0.2, 0) is 9.53 Å². The Kier molecular flexibility index (Phi) is 5.98. The molecule has 28 heavy (non-hydrogen) atoms. The number of benzene rings is 2. The Morgan fingerprint density at radius 3 is 2.86 bits per heavy atom. The number of nitrogens with one attached hydrogen (secondary N) is 1. The largest absolute Gasteiger partial charge is 0.377 e. The zero-order valence-electron chi connectivity index (χ0n) is 15.7. The van der Waals surface area contributed by atoms with Crippen LogP contribution >= 0.6 is 11.8 Å². The summed E-state index contributed by atoms with van der Waals surface area (Å²) in [6, 6.07) is 15.2. The number of thioether (sulfide) groups is 1. The molecule has 0 unspecified atom stereocenters. The van der Waals surface area contributed by atoms with Gasteiger partial charge in [-0.05, 0) is 49.6 Å². The smallest absolute Gasteiger partial charge is 0.256 e. The van der Waals surface area contributed by atoms with Crippen LogP contribution in [0.15, 0.2) is 53.4 Å². The molecule has 2 fully saturated rings. The zero-order chi connectivity index (χ0) is 19.3. The molecule has 4 rings (SSSR count). The Bertz CT molecular complexity index is 864. The fraction of sp³-hybridized carbons (Fsp3) is 0.364. The molecule has 146 valence electrons. The second kappa shape index (κ2) is 8.80. The van der Waals surface area contributed by atoms with Gasteiger partial charge < -0.3 is 15.0 Å². The number of nitrogens with zero attached hydrogens (tertiary/aromatic N) is 1. The number of ether oxygens (including phenoxy) is 1. The number of anilines is 2. The van der Waals surface area contributed by atoms with Crippen molar-refractivity contribution >= 4 is 35.0 Å². The predicted octanol–water partition coefficient (Wildman–Crippen LogP) is 4.34. The van der Waals surface area contributed by atoms with Crippen LogP contribution in [0.3, 0.4) is 0 Å². The van der Waals surface area contributed by atoms with Crippen LogP contribution in [0.5, 0.6) is 0 Å². The summed E-state index contributed by atoms with van der Waals surface area (Å²) in [5, 5.41) is 2.98. The van der Waals surface area contributed by atoms with E-state index in [0.29, 0.717) is 17.7 Å². The second-order valence-corrected chi connectivity index (χ2v) is 8.16. The highest BCUT2D eigenvalue weighted by molar-refractivity contribution is 7.99. The molecule has 2 saturated heterocycles. The normalized spacial score (nSPS) is 19.2. The van der Waals surface area contributed by atoms with Crippen molar-refractivity contribution in [1.82, 2.24) is 0 Å². The summed E-state index contributed by atoms with van der Waals surface area (Å²) in [4.78, 5) is 27.6. The maximum atomic E-state index is 12.9. The summed E-state index contributed by atoms with van der Waals surface area (Å²) < 4.78 is 5.69. The first kappa shape index (κ1) is 19.0. The number of rotatable bonds is 6. The third-order valence-electron chi connectivity index (χ3n) is 5.07. The summed E-state index contributed by atoms with van der Waals surface area (Å²) in [5.74, 6) is 0.858. The average molecular weight is 397 g/mol. The Morgan fingerprint density at radius 1 is 1.18 bits per heavy atom. The average Bonchev–Trinajstić information content (AvgIpc) is 3.38. The molecule has 1 N–H and O–H groups in total. The van der Waals surface area contributed by atoms with Crippen molar-refractivity contribution in [2.45, 2.75) is 36.7 Å². The minimum atomic E-state index is -0.139. The van der Waals surface area contributed by atoms with Crippen molar-refractivity contribution in [3.63, 3.8) is 0 Å². The molecule has 0 radical (unpaired) electrons. The molecular formula is C22H24N2O3S. The van der Waals surface area contributed by atoms with Crippen molar-refractivity contribution in [3.05, 3.63) is 54.1 Å². The van der Waals surface area contributed by atoms with Gasteiger partial charge in [-0.2, -0.15) is 0 Å². The molecule has 0 saturated carbocycles. The fourth-order valence-electron chi connectivity index (χ4n) is 3.61. The molecule has 2 aliphatic heterocycles. The molecule has 5 nitrogen and oxygen atoms in total. The van der Waals surface area contributed by atoms with Crippen LogP contribution in [0.4, 0.5) is 11.4 Å². The molecule has 1 atom stereocenters. The fourth-order valence-corrected chi connectivity index (χ4v) is 4.73. The van der Waals surface area contributed by atoms with E-state index in [-0.39, 0.29) is 17.9 Å². The van der Waals surface area contributed by atoms with Crippen LogP contribution in [0.2, 0.25) is 0 Å². The number of hydrogen-bond acceptors (Lipinski definition) is 4. The quantitative estimate of drug-likeness (QED) is 0.738. The van der Waals surface area contributed by atoms with Gasteiger partial charge in [0.1, 0.15) is 0 Å². The van der Waals surface area contributed by atoms with Gasteiger partial charge in [0.15, 0.2) is 0 Å². The van der Waals surface area contributed by atoms with Gasteiger partial charge in [0, 0.05) is 41.6 Å². The molecule has 2 aromatic carbocycles. The minimum Gasteiger partial charge on any atom is -0.377 e. The number of carbonyl (C=O) groups is 2. The van der Waals surface area contributed by atoms with E-state index in [9.17, 15) is 9.59 Å². The van der Waals surface area contributed by atoms with E-state index in [2.05, 4.69) is 5.32 Å². The Hall–Kier alpha value is -2.31. The first-order valence-electron chi connectivity index (χ1n) is 9.76. The van der Waals surface area contributed by atoms with Gasteiger partial charge in [-0.3, -0.25) is 9.59 Å². The summed E-state index contributed by atoms with van der Waals surface area (Å²) >= 11 is 1.67. The molecule has 2 amide bonds. The first-order chi connectivity index (χ1) is 13.7. The highest BCUT2D eigenvalue weighted by atomic mass is 32.2. The SMILES string of the molecule is O=C(Nc1cccc(N2CCCC2=O)c1)c1ccccc1SC[C@@H]1CCCO1. The number of amides is 2. The molecule has 2 aliphatic rings. The lowest BCUT2D eigenvalue weighted by Crippen LogP contribution is -2.23. The molecule has 0 spiro atoms. The maximum Gasteiger partial charge on any atom is 0.256 e. The van der Waals surface area contributed by atoms with E-state index in [0.717, 1.165) is 48.7 Å². The topological polar surface area (TPSA) is 58.6 Å². The molecular weight excluding hydrogens is 372 g/mol. The van der Waals surface area contributed by atoms with Crippen molar-refractivity contribution in [3.8, 4) is 0 Å². The van der Waals surface area contributed by atoms with Crippen LogP contribution < -0.4 is 10.2 Å². The highest BCUT2D eigenvalue weighted by Crippen LogP contribution is 2.28. The minimum absolute atomic E-state index is 0.138. The lowest BCUT2D eigenvalue weighted by molar-refractivity contribution is -0.117. The van der Waals surface area contributed by atoms with Crippen molar-refractivity contribution in [1.29, 1.82) is 0 Å². The Labute approximate surface area is 169 Å². The lowest BCUT2D eigenvalue weighted by atomic mass is 10.2. The van der Waals surface area contributed by atoms with E-state index in [1.165, 1.54) is 0 Å². The lowest BCUT2D eigenvalue weighted by Gasteiger charge is -2.17. The van der Waals surface area contributed by atoms with E-state index < -0.39 is 0 Å². The van der Waals surface area contributed by atoms with Crippen molar-refractivity contribution in [2.75, 3.05) is 29.1 Å². The van der Waals surface area contributed by atoms with Gasteiger partial charge in [0.2, 0.25) is 5.91 Å². The summed E-state index contributed by atoms with van der Waals surface area (Å²) in [7, 11) is 0. The summed E-state index contributed by atoms with van der Waals surface area (Å²) in [6.07, 6.45) is 3.94. The second-order valence-electron chi connectivity index (χ2n) is 7.10. The first-order valence-corrected chi connectivity index (χ1v) is 10.7. The standard InChI is InChI=1S/C22H24N2O3S/c25-21-11-4-12-24(21)17-7-3-6-16(14-17)23-22(26)19-9-1-2-10-20(19)28-15-18-8-5-13-27-18/h1-3,6-7,9-10,14,18H,4-5,8,11-13,15H2,(H,23,26)/t18-/m0/s1. The van der Waals surface area contributed by atoms with Crippen molar-refractivity contribution in [2.24, 2.45) is 0 Å². The van der Waals surface area contributed by atoms with Crippen LogP contribution in [-0.4, -0.2) is 36.8 Å². The van der Waals surface area contributed by atoms with Gasteiger partial charge in [-0.25, -0.2) is 0 Å². The van der Waals surface area contributed by atoms with E-state index >= 15 is 0 Å². The molecule has 0 aromatic heterocycles. The van der Waals surface area contributed by atoms with Gasteiger partial charge in [0.25, 0.3) is 5.91 Å². The molecule has 2 aromatic rings. The van der Waals surface area contributed by atoms with Crippen LogP contribution in [0.1, 0.15) is 36.0 Å². The van der Waals surface area contributed by atoms with Crippen LogP contribution in [0.25, 0.3) is 0 Å². The van der Waals surface area contributed by atoms with E-state index in [4.69, 9.17) is 4.74 Å². The number of hydrogen-bond donors (Lipinski definition) is 1. The van der Waals surface area contributed by atoms with E-state index in [1.54, 1.807) is 16.7 Å². The Morgan fingerprint density at radius 2 is 2.07 bits per heavy atom. The predicted molar refractivity (Wildman–Crippen MR) is 112 cm³/mol.